The molecule has 2 fully saturated rings. The van der Waals surface area contributed by atoms with Crippen molar-refractivity contribution in [2.24, 2.45) is 0 Å². The first-order valence-electron chi connectivity index (χ1n) is 8.73. The molecule has 2 aromatic heterocycles. The summed E-state index contributed by atoms with van der Waals surface area (Å²) < 4.78 is 7.26. The molecule has 1 unspecified atom stereocenters. The van der Waals surface area contributed by atoms with E-state index in [1.807, 2.05) is 36.9 Å². The van der Waals surface area contributed by atoms with Gasteiger partial charge in [-0.2, -0.15) is 9.78 Å². The molecule has 0 aromatic carbocycles. The second-order valence-corrected chi connectivity index (χ2v) is 6.99. The van der Waals surface area contributed by atoms with Gasteiger partial charge in [-0.25, -0.2) is 9.78 Å². The first-order chi connectivity index (χ1) is 12.1. The predicted molar refractivity (Wildman–Crippen MR) is 94.0 cm³/mol. The van der Waals surface area contributed by atoms with E-state index in [2.05, 4.69) is 15.4 Å². The fourth-order valence-electron chi connectivity index (χ4n) is 3.84. The molecule has 4 heterocycles. The van der Waals surface area contributed by atoms with Crippen LogP contribution in [0.4, 0.5) is 10.6 Å². The molecular formula is C18H23N5O2. The van der Waals surface area contributed by atoms with Crippen LogP contribution in [-0.4, -0.2) is 51.0 Å². The average molecular weight is 341 g/mol. The Kier molecular flexibility index (Phi) is 3.95. The Morgan fingerprint density at radius 1 is 1.32 bits per heavy atom. The van der Waals surface area contributed by atoms with Crippen molar-refractivity contribution in [2.45, 2.75) is 38.6 Å². The quantitative estimate of drug-likeness (QED) is 0.911. The standard InChI is InChI=1S/C18H23N5O2/c1-13-4-7-19-15(10-13)23-16(11-14(2)21-23)20-17(24)22-8-3-5-18(22)6-9-25-12-18/h4,7,10-11H,3,5-6,8-9,12H2,1-2H3,(H,20,24). The zero-order valence-electron chi connectivity index (χ0n) is 14.7. The Balaban J connectivity index is 1.60. The largest absolute Gasteiger partial charge is 0.379 e. The maximum Gasteiger partial charge on any atom is 0.323 e. The Morgan fingerprint density at radius 2 is 2.20 bits per heavy atom. The normalized spacial score (nSPS) is 22.7. The topological polar surface area (TPSA) is 72.3 Å². The van der Waals surface area contributed by atoms with E-state index in [4.69, 9.17) is 4.74 Å². The summed E-state index contributed by atoms with van der Waals surface area (Å²) in [5.41, 5.74) is 1.79. The number of ether oxygens (including phenoxy) is 1. The molecule has 0 aliphatic carbocycles. The van der Waals surface area contributed by atoms with Crippen LogP contribution in [0, 0.1) is 13.8 Å². The van der Waals surface area contributed by atoms with Gasteiger partial charge in [-0.05, 0) is 50.8 Å². The lowest BCUT2D eigenvalue weighted by Gasteiger charge is -2.33. The van der Waals surface area contributed by atoms with Crippen molar-refractivity contribution >= 4 is 11.8 Å². The Morgan fingerprint density at radius 3 is 2.96 bits per heavy atom. The molecule has 2 amide bonds. The molecule has 4 rings (SSSR count). The molecule has 2 saturated heterocycles. The number of carbonyl (C=O) groups excluding carboxylic acids is 1. The minimum atomic E-state index is -0.133. The SMILES string of the molecule is Cc1ccnc(-n2nc(C)cc2NC(=O)N2CCCC23CCOC3)c1. The molecule has 2 aromatic rings. The average Bonchev–Trinajstić information content (AvgIpc) is 3.30. The summed E-state index contributed by atoms with van der Waals surface area (Å²) in [6.07, 6.45) is 4.70. The van der Waals surface area contributed by atoms with Crippen LogP contribution in [0.5, 0.6) is 0 Å². The van der Waals surface area contributed by atoms with E-state index in [1.54, 1.807) is 10.9 Å². The van der Waals surface area contributed by atoms with Crippen LogP contribution in [0.25, 0.3) is 5.82 Å². The number of aryl methyl sites for hydroxylation is 2. The van der Waals surface area contributed by atoms with Crippen LogP contribution in [0.2, 0.25) is 0 Å². The molecule has 7 nitrogen and oxygen atoms in total. The lowest BCUT2D eigenvalue weighted by atomic mass is 9.96. The van der Waals surface area contributed by atoms with Gasteiger partial charge >= 0.3 is 6.03 Å². The van der Waals surface area contributed by atoms with Crippen LogP contribution >= 0.6 is 0 Å². The number of nitrogens with zero attached hydrogens (tertiary/aromatic N) is 4. The maximum absolute atomic E-state index is 12.9. The van der Waals surface area contributed by atoms with Gasteiger partial charge in [-0.3, -0.25) is 5.32 Å². The molecule has 2 aliphatic heterocycles. The lowest BCUT2D eigenvalue weighted by molar-refractivity contribution is 0.121. The number of amides is 2. The van der Waals surface area contributed by atoms with Gasteiger partial charge in [0, 0.05) is 25.4 Å². The van der Waals surface area contributed by atoms with Gasteiger partial charge in [-0.1, -0.05) is 0 Å². The predicted octanol–water partition coefficient (Wildman–Crippen LogP) is 2.67. The third-order valence-corrected chi connectivity index (χ3v) is 5.11. The Hall–Kier alpha value is -2.41. The summed E-state index contributed by atoms with van der Waals surface area (Å²) in [5.74, 6) is 1.34. The van der Waals surface area contributed by atoms with Gasteiger partial charge in [0.2, 0.25) is 0 Å². The molecule has 2 aliphatic rings. The summed E-state index contributed by atoms with van der Waals surface area (Å²) in [7, 11) is 0. The van der Waals surface area contributed by atoms with Crippen molar-refractivity contribution in [2.75, 3.05) is 25.1 Å². The van der Waals surface area contributed by atoms with Crippen molar-refractivity contribution in [3.63, 3.8) is 0 Å². The van der Waals surface area contributed by atoms with E-state index in [9.17, 15) is 4.79 Å². The molecule has 0 radical (unpaired) electrons. The third-order valence-electron chi connectivity index (χ3n) is 5.11. The molecular weight excluding hydrogens is 318 g/mol. The fourth-order valence-corrected chi connectivity index (χ4v) is 3.84. The molecule has 1 spiro atoms. The van der Waals surface area contributed by atoms with E-state index in [0.717, 1.165) is 43.7 Å². The number of aromatic nitrogens is 3. The van der Waals surface area contributed by atoms with E-state index in [-0.39, 0.29) is 11.6 Å². The number of rotatable bonds is 2. The zero-order valence-corrected chi connectivity index (χ0v) is 14.7. The zero-order chi connectivity index (χ0) is 17.4. The summed E-state index contributed by atoms with van der Waals surface area (Å²) in [6.45, 7) is 6.05. The molecule has 0 saturated carbocycles. The number of urea groups is 1. The van der Waals surface area contributed by atoms with Crippen molar-refractivity contribution in [1.29, 1.82) is 0 Å². The summed E-state index contributed by atoms with van der Waals surface area (Å²) in [4.78, 5) is 19.2. The molecule has 1 atom stereocenters. The molecule has 0 bridgehead atoms. The summed E-state index contributed by atoms with van der Waals surface area (Å²) in [5, 5.41) is 7.52. The van der Waals surface area contributed by atoms with E-state index in [0.29, 0.717) is 18.2 Å². The number of anilines is 1. The number of pyridine rings is 1. The maximum atomic E-state index is 12.9. The molecule has 132 valence electrons. The second kappa shape index (κ2) is 6.15. The molecule has 7 heteroatoms. The fraction of sp³-hybridized carbons (Fsp3) is 0.500. The number of likely N-dealkylation sites (tertiary alicyclic amines) is 1. The van der Waals surface area contributed by atoms with Crippen molar-refractivity contribution in [1.82, 2.24) is 19.7 Å². The highest BCUT2D eigenvalue weighted by Crippen LogP contribution is 2.36. The summed E-state index contributed by atoms with van der Waals surface area (Å²) >= 11 is 0. The smallest absolute Gasteiger partial charge is 0.323 e. The van der Waals surface area contributed by atoms with Gasteiger partial charge in [0.25, 0.3) is 0 Å². The van der Waals surface area contributed by atoms with E-state index >= 15 is 0 Å². The Labute approximate surface area is 147 Å². The monoisotopic (exact) mass is 341 g/mol. The van der Waals surface area contributed by atoms with E-state index < -0.39 is 0 Å². The number of carbonyl (C=O) groups is 1. The number of nitrogens with one attached hydrogen (secondary N) is 1. The number of hydrogen-bond acceptors (Lipinski definition) is 4. The minimum Gasteiger partial charge on any atom is -0.379 e. The van der Waals surface area contributed by atoms with Gasteiger partial charge in [0.05, 0.1) is 17.8 Å². The van der Waals surface area contributed by atoms with Gasteiger partial charge in [-0.15, -0.1) is 0 Å². The number of hydrogen-bond donors (Lipinski definition) is 1. The van der Waals surface area contributed by atoms with Crippen LogP contribution < -0.4 is 5.32 Å². The lowest BCUT2D eigenvalue weighted by Crippen LogP contribution is -2.49. The van der Waals surface area contributed by atoms with E-state index in [1.165, 1.54) is 0 Å². The second-order valence-electron chi connectivity index (χ2n) is 6.99. The highest BCUT2D eigenvalue weighted by atomic mass is 16.5. The van der Waals surface area contributed by atoms with Crippen LogP contribution in [-0.2, 0) is 4.74 Å². The Bertz CT molecular complexity index is 789. The van der Waals surface area contributed by atoms with Gasteiger partial charge in [0.15, 0.2) is 5.82 Å². The summed E-state index contributed by atoms with van der Waals surface area (Å²) in [6, 6.07) is 5.67. The van der Waals surface area contributed by atoms with Crippen molar-refractivity contribution < 1.29 is 9.53 Å². The van der Waals surface area contributed by atoms with Crippen LogP contribution in [0.3, 0.4) is 0 Å². The first-order valence-corrected chi connectivity index (χ1v) is 8.73. The van der Waals surface area contributed by atoms with Crippen molar-refractivity contribution in [3.8, 4) is 5.82 Å². The minimum absolute atomic E-state index is 0.0863. The third kappa shape index (κ3) is 2.89. The highest BCUT2D eigenvalue weighted by Gasteiger charge is 2.46. The van der Waals surface area contributed by atoms with Gasteiger partial charge in [0.1, 0.15) is 5.82 Å². The van der Waals surface area contributed by atoms with Crippen LogP contribution in [0.1, 0.15) is 30.5 Å². The van der Waals surface area contributed by atoms with Crippen molar-refractivity contribution in [3.05, 3.63) is 35.7 Å². The molecule has 25 heavy (non-hydrogen) atoms. The first kappa shape index (κ1) is 16.1. The van der Waals surface area contributed by atoms with Crippen LogP contribution in [0.15, 0.2) is 24.4 Å². The molecule has 1 N–H and O–H groups in total. The van der Waals surface area contributed by atoms with Gasteiger partial charge < -0.3 is 9.64 Å². The highest BCUT2D eigenvalue weighted by molar-refractivity contribution is 5.89.